The van der Waals surface area contributed by atoms with Gasteiger partial charge >= 0.3 is 5.69 Å². The number of nitrogens with zero attached hydrogens (tertiary/aromatic N) is 2. The van der Waals surface area contributed by atoms with Gasteiger partial charge in [-0.15, -0.1) is 0 Å². The maximum absolute atomic E-state index is 13.5. The van der Waals surface area contributed by atoms with Crippen LogP contribution in [0, 0.1) is 0 Å². The maximum atomic E-state index is 13.5. The second-order valence-corrected chi connectivity index (χ2v) is 16.4. The zero-order valence-electron chi connectivity index (χ0n) is 37.7. The molecule has 340 valence electrons. The molecule has 2 heterocycles. The van der Waals surface area contributed by atoms with E-state index < -0.39 is 35.3 Å². The van der Waals surface area contributed by atoms with Crippen molar-refractivity contribution in [3.05, 3.63) is 220 Å². The van der Waals surface area contributed by atoms with Gasteiger partial charge in [-0.25, -0.2) is 4.79 Å². The maximum Gasteiger partial charge on any atom is 0.351 e. The van der Waals surface area contributed by atoms with E-state index in [2.05, 4.69) is 76.3 Å². The number of unbranched alkanes of at least 4 members (excludes halogenated alkanes) is 2. The van der Waals surface area contributed by atoms with Crippen LogP contribution >= 0.6 is 0 Å². The number of aliphatic hydroxyl groups excluding tert-OH is 1. The molecule has 1 saturated heterocycles. The van der Waals surface area contributed by atoms with Crippen molar-refractivity contribution in [1.82, 2.24) is 14.9 Å². The van der Waals surface area contributed by atoms with Crippen LogP contribution in [0.5, 0.6) is 17.2 Å². The summed E-state index contributed by atoms with van der Waals surface area (Å²) < 4.78 is 31.3. The van der Waals surface area contributed by atoms with Crippen molar-refractivity contribution in [2.75, 3.05) is 46.3 Å². The third kappa shape index (κ3) is 9.90. The summed E-state index contributed by atoms with van der Waals surface area (Å²) in [4.78, 5) is 17.8. The Kier molecular flexibility index (Phi) is 14.9. The molecular weight excluding hydrogens is 829 g/mol. The van der Waals surface area contributed by atoms with Gasteiger partial charge in [0, 0.05) is 19.2 Å². The summed E-state index contributed by atoms with van der Waals surface area (Å²) in [5.41, 5.74) is 3.95. The van der Waals surface area contributed by atoms with E-state index in [-0.39, 0.29) is 13.0 Å². The molecule has 3 atom stereocenters. The number of benzene rings is 6. The Morgan fingerprint density at radius 2 is 1.06 bits per heavy atom. The molecule has 0 bridgehead atoms. The van der Waals surface area contributed by atoms with Gasteiger partial charge in [0.1, 0.15) is 41.0 Å². The molecule has 0 radical (unpaired) electrons. The monoisotopic (exact) mass is 886 g/mol. The molecule has 3 N–H and O–H groups in total. The molecule has 11 nitrogen and oxygen atoms in total. The highest BCUT2D eigenvalue weighted by Crippen LogP contribution is 2.43. The van der Waals surface area contributed by atoms with Gasteiger partial charge in [0.15, 0.2) is 0 Å². The van der Waals surface area contributed by atoms with Crippen LogP contribution in [0.25, 0.3) is 0 Å². The van der Waals surface area contributed by atoms with Crippen molar-refractivity contribution in [3.63, 3.8) is 0 Å². The summed E-state index contributed by atoms with van der Waals surface area (Å²) in [6.45, 7) is 1.46. The van der Waals surface area contributed by atoms with Crippen LogP contribution < -0.4 is 30.5 Å². The Morgan fingerprint density at radius 3 is 1.56 bits per heavy atom. The first-order chi connectivity index (χ1) is 32.4. The highest BCUT2D eigenvalue weighted by Gasteiger charge is 2.42. The molecule has 0 amide bonds. The first kappa shape index (κ1) is 45.8. The number of hydrogen-bond donors (Lipinski definition) is 3. The number of anilines is 1. The molecular formula is C55H58N4O7. The lowest BCUT2D eigenvalue weighted by atomic mass is 9.77. The summed E-state index contributed by atoms with van der Waals surface area (Å²) >= 11 is 0. The Balaban J connectivity index is 0.895. The predicted molar refractivity (Wildman–Crippen MR) is 257 cm³/mol. The zero-order valence-corrected chi connectivity index (χ0v) is 37.7. The van der Waals surface area contributed by atoms with Crippen molar-refractivity contribution in [1.29, 1.82) is 0 Å². The van der Waals surface area contributed by atoms with E-state index in [1.165, 1.54) is 4.57 Å². The summed E-state index contributed by atoms with van der Waals surface area (Å²) in [6, 6.07) is 56.7. The summed E-state index contributed by atoms with van der Waals surface area (Å²) in [6.07, 6.45) is 2.32. The standard InChI is InChI=1S/C55H58N4O7/c1-62-46-28-22-42(23-29-46)54(40-16-8-4-9-17-40,41-18-10-5-11-19-41)57-36-15-7-14-35-56-51-34-37-59(53(61)58-51)52-38-49(60)50(66-52)39-65-55(43-20-12-6-13-21-43,44-24-30-47(63-2)31-25-44)45-26-32-48(64-3)33-27-45/h4-6,8-13,16-34,37,49-50,52,57,60H,7,14-15,35-36,38-39H2,1-3H3,(H,56,58,61)/t49-,50+,52+/m0/s1. The minimum atomic E-state index is -1.09. The second-order valence-electron chi connectivity index (χ2n) is 16.4. The van der Waals surface area contributed by atoms with Crippen molar-refractivity contribution >= 4 is 5.82 Å². The van der Waals surface area contributed by atoms with Crippen LogP contribution in [-0.4, -0.2) is 67.9 Å². The van der Waals surface area contributed by atoms with Gasteiger partial charge in [0.2, 0.25) is 0 Å². The van der Waals surface area contributed by atoms with Crippen molar-refractivity contribution in [3.8, 4) is 17.2 Å². The quantitative estimate of drug-likeness (QED) is 0.0476. The minimum Gasteiger partial charge on any atom is -0.497 e. The molecule has 1 aliphatic heterocycles. The first-order valence-electron chi connectivity index (χ1n) is 22.5. The van der Waals surface area contributed by atoms with Crippen LogP contribution in [0.3, 0.4) is 0 Å². The fraction of sp³-hybridized carbons (Fsp3) is 0.273. The van der Waals surface area contributed by atoms with E-state index in [4.69, 9.17) is 23.7 Å². The Labute approximate surface area is 387 Å². The van der Waals surface area contributed by atoms with Crippen LogP contribution in [0.1, 0.15) is 65.3 Å². The molecule has 0 unspecified atom stereocenters. The lowest BCUT2D eigenvalue weighted by Crippen LogP contribution is -2.45. The van der Waals surface area contributed by atoms with Gasteiger partial charge in [0.25, 0.3) is 0 Å². The minimum absolute atomic E-state index is 0.0307. The molecule has 7 aromatic rings. The molecule has 6 aromatic carbocycles. The first-order valence-corrected chi connectivity index (χ1v) is 22.5. The normalized spacial score (nSPS) is 16.2. The Morgan fingerprint density at radius 1 is 0.606 bits per heavy atom. The average molecular weight is 887 g/mol. The van der Waals surface area contributed by atoms with E-state index in [9.17, 15) is 9.90 Å². The Bertz CT molecular complexity index is 2540. The molecule has 0 saturated carbocycles. The predicted octanol–water partition coefficient (Wildman–Crippen LogP) is 9.09. The van der Waals surface area contributed by atoms with E-state index in [0.29, 0.717) is 23.9 Å². The number of rotatable bonds is 21. The van der Waals surface area contributed by atoms with Crippen molar-refractivity contribution in [2.24, 2.45) is 0 Å². The van der Waals surface area contributed by atoms with Crippen LogP contribution in [0.2, 0.25) is 0 Å². The highest BCUT2D eigenvalue weighted by molar-refractivity contribution is 5.52. The Hall–Kier alpha value is -6.76. The number of hydrogen-bond acceptors (Lipinski definition) is 10. The SMILES string of the molecule is COc1ccc(C(NCCCCCNc2ccn([C@H]3C[C@H](O)[C@@H](COC(c4ccccc4)(c4ccc(OC)cc4)c4ccc(OC)cc4)O3)c(=O)n2)(c2ccccc2)c2ccccc2)cc1. The molecule has 8 rings (SSSR count). The van der Waals surface area contributed by atoms with Gasteiger partial charge in [-0.05, 0) is 95.2 Å². The largest absolute Gasteiger partial charge is 0.497 e. The van der Waals surface area contributed by atoms with Gasteiger partial charge in [0.05, 0.1) is 39.6 Å². The molecule has 0 spiro atoms. The third-order valence-corrected chi connectivity index (χ3v) is 12.5. The highest BCUT2D eigenvalue weighted by atomic mass is 16.6. The van der Waals surface area contributed by atoms with E-state index in [0.717, 1.165) is 64.9 Å². The van der Waals surface area contributed by atoms with Crippen LogP contribution in [0.15, 0.2) is 181 Å². The van der Waals surface area contributed by atoms with Crippen molar-refractivity contribution < 1.29 is 28.8 Å². The lowest BCUT2D eigenvalue weighted by Gasteiger charge is -2.37. The van der Waals surface area contributed by atoms with Crippen molar-refractivity contribution in [2.45, 2.75) is 55.3 Å². The van der Waals surface area contributed by atoms with Gasteiger partial charge < -0.3 is 34.1 Å². The number of aromatic nitrogens is 2. The van der Waals surface area contributed by atoms with Gasteiger partial charge in [-0.2, -0.15) is 4.98 Å². The number of ether oxygens (including phenoxy) is 5. The molecule has 1 fully saturated rings. The third-order valence-electron chi connectivity index (χ3n) is 12.5. The number of nitrogens with one attached hydrogen (secondary N) is 2. The van der Waals surface area contributed by atoms with Gasteiger partial charge in [-0.1, -0.05) is 134 Å². The zero-order chi connectivity index (χ0) is 45.8. The van der Waals surface area contributed by atoms with E-state index in [1.807, 2.05) is 103 Å². The van der Waals surface area contributed by atoms with Crippen LogP contribution in [-0.2, 0) is 20.6 Å². The lowest BCUT2D eigenvalue weighted by molar-refractivity contribution is -0.0944. The van der Waals surface area contributed by atoms with Gasteiger partial charge in [-0.3, -0.25) is 9.88 Å². The summed E-state index contributed by atoms with van der Waals surface area (Å²) in [7, 11) is 4.95. The van der Waals surface area contributed by atoms with Crippen LogP contribution in [0.4, 0.5) is 5.82 Å². The van der Waals surface area contributed by atoms with E-state index >= 15 is 0 Å². The average Bonchev–Trinajstić information content (AvgIpc) is 3.75. The molecule has 0 aliphatic carbocycles. The number of aliphatic hydroxyl groups is 1. The number of methoxy groups -OCH3 is 3. The molecule has 1 aliphatic rings. The molecule has 66 heavy (non-hydrogen) atoms. The summed E-state index contributed by atoms with van der Waals surface area (Å²) in [5, 5.41) is 18.6. The summed E-state index contributed by atoms with van der Waals surface area (Å²) in [5.74, 6) is 2.74. The topological polar surface area (TPSA) is 125 Å². The second kappa shape index (κ2) is 21.5. The molecule has 11 heteroatoms. The smallest absolute Gasteiger partial charge is 0.351 e. The fourth-order valence-electron chi connectivity index (χ4n) is 8.99. The van der Waals surface area contributed by atoms with E-state index in [1.54, 1.807) is 33.6 Å². The molecule has 1 aromatic heterocycles. The fourth-order valence-corrected chi connectivity index (χ4v) is 8.99.